The monoisotopic (exact) mass is 350 g/mol. The lowest BCUT2D eigenvalue weighted by Crippen LogP contribution is -2.45. The van der Waals surface area contributed by atoms with Gasteiger partial charge in [-0.05, 0) is 43.9 Å². The van der Waals surface area contributed by atoms with Gasteiger partial charge in [-0.2, -0.15) is 0 Å². The lowest BCUT2D eigenvalue weighted by molar-refractivity contribution is 0.0661. The lowest BCUT2D eigenvalue weighted by atomic mass is 9.92. The van der Waals surface area contributed by atoms with Crippen molar-refractivity contribution >= 4 is 29.2 Å². The van der Waals surface area contributed by atoms with E-state index in [1.807, 2.05) is 11.8 Å². The minimum absolute atomic E-state index is 0.0655. The first-order valence-corrected chi connectivity index (χ1v) is 8.75. The van der Waals surface area contributed by atoms with Crippen molar-refractivity contribution in [2.75, 3.05) is 31.1 Å². The first-order valence-electron chi connectivity index (χ1n) is 8.37. The lowest BCUT2D eigenvalue weighted by Gasteiger charge is -2.35. The molecule has 2 fully saturated rings. The summed E-state index contributed by atoms with van der Waals surface area (Å²) in [5, 5.41) is 3.17. The first-order chi connectivity index (χ1) is 11.5. The molecule has 2 aliphatic rings. The highest BCUT2D eigenvalue weighted by Gasteiger charge is 2.28. The molecular formula is C17H23ClN4O2. The van der Waals surface area contributed by atoms with Crippen molar-refractivity contribution in [3.05, 3.63) is 28.8 Å². The smallest absolute Gasteiger partial charge is 0.321 e. The average Bonchev–Trinajstić information content (AvgIpc) is 3.01. The molecule has 1 aromatic carbocycles. The number of likely N-dealkylation sites (tertiary alicyclic amines) is 1. The number of carbonyl (C=O) groups excluding carboxylic acids is 2. The Morgan fingerprint density at radius 2 is 2.21 bits per heavy atom. The Balaban J connectivity index is 1.82. The minimum Gasteiger partial charge on any atom is -0.338 e. The van der Waals surface area contributed by atoms with Gasteiger partial charge in [-0.3, -0.25) is 9.69 Å². The van der Waals surface area contributed by atoms with Crippen LogP contribution in [0.3, 0.4) is 0 Å². The number of amides is 3. The average molecular weight is 351 g/mol. The molecule has 2 heterocycles. The number of piperidine rings is 1. The third-order valence-electron chi connectivity index (χ3n) is 4.84. The van der Waals surface area contributed by atoms with Gasteiger partial charge in [0.25, 0.3) is 5.91 Å². The number of anilines is 1. The highest BCUT2D eigenvalue weighted by Crippen LogP contribution is 2.27. The number of benzene rings is 1. The number of nitrogens with one attached hydrogen (secondary N) is 1. The SMILES string of the molecule is CC(N)C1CCCN(C(=O)c2cc(N3CCNC3=O)ccc2Cl)C1. The van der Waals surface area contributed by atoms with Crippen LogP contribution >= 0.6 is 11.6 Å². The molecule has 3 N–H and O–H groups in total. The second-order valence-electron chi connectivity index (χ2n) is 6.56. The molecule has 2 aliphatic heterocycles. The molecule has 0 radical (unpaired) electrons. The van der Waals surface area contributed by atoms with Crippen LogP contribution in [0.2, 0.25) is 5.02 Å². The zero-order chi connectivity index (χ0) is 17.3. The van der Waals surface area contributed by atoms with Crippen molar-refractivity contribution in [2.24, 2.45) is 11.7 Å². The van der Waals surface area contributed by atoms with Gasteiger partial charge in [0.2, 0.25) is 0 Å². The number of carbonyl (C=O) groups is 2. The molecule has 1 aromatic rings. The molecule has 130 valence electrons. The number of nitrogens with zero attached hydrogens (tertiary/aromatic N) is 2. The Morgan fingerprint density at radius 3 is 2.88 bits per heavy atom. The zero-order valence-electron chi connectivity index (χ0n) is 13.8. The highest BCUT2D eigenvalue weighted by molar-refractivity contribution is 6.34. The van der Waals surface area contributed by atoms with Crippen molar-refractivity contribution in [1.82, 2.24) is 10.2 Å². The second kappa shape index (κ2) is 6.99. The van der Waals surface area contributed by atoms with Crippen LogP contribution in [0.4, 0.5) is 10.5 Å². The molecule has 0 bridgehead atoms. The maximum absolute atomic E-state index is 12.9. The van der Waals surface area contributed by atoms with Crippen LogP contribution in [-0.4, -0.2) is 49.1 Å². The van der Waals surface area contributed by atoms with Gasteiger partial charge in [0, 0.05) is 37.9 Å². The number of rotatable bonds is 3. The summed E-state index contributed by atoms with van der Waals surface area (Å²) >= 11 is 6.26. The van der Waals surface area contributed by atoms with Gasteiger partial charge in [0.15, 0.2) is 0 Å². The van der Waals surface area contributed by atoms with E-state index < -0.39 is 0 Å². The quantitative estimate of drug-likeness (QED) is 0.875. The third-order valence-corrected chi connectivity index (χ3v) is 5.17. The molecule has 0 aromatic heterocycles. The minimum atomic E-state index is -0.147. The Morgan fingerprint density at radius 1 is 1.42 bits per heavy atom. The van der Waals surface area contributed by atoms with Crippen LogP contribution in [0.1, 0.15) is 30.1 Å². The van der Waals surface area contributed by atoms with E-state index in [0.29, 0.717) is 48.4 Å². The Kier molecular flexibility index (Phi) is 4.96. The van der Waals surface area contributed by atoms with Gasteiger partial charge in [-0.25, -0.2) is 4.79 Å². The largest absolute Gasteiger partial charge is 0.338 e. The Hall–Kier alpha value is -1.79. The number of nitrogens with two attached hydrogens (primary N) is 1. The fraction of sp³-hybridized carbons (Fsp3) is 0.529. The van der Waals surface area contributed by atoms with Crippen molar-refractivity contribution in [2.45, 2.75) is 25.8 Å². The molecule has 7 heteroatoms. The molecule has 0 aliphatic carbocycles. The van der Waals surface area contributed by atoms with Crippen molar-refractivity contribution < 1.29 is 9.59 Å². The standard InChI is InChI=1S/C17H23ClN4O2/c1-11(19)12-3-2-7-21(10-12)16(23)14-9-13(4-5-15(14)18)22-8-6-20-17(22)24/h4-5,9,11-12H,2-3,6-8,10,19H2,1H3,(H,20,24). The predicted octanol–water partition coefficient (Wildman–Crippen LogP) is 2.07. The summed E-state index contributed by atoms with van der Waals surface area (Å²) in [6.07, 6.45) is 1.99. The Bertz CT molecular complexity index is 649. The van der Waals surface area contributed by atoms with E-state index in [0.717, 1.165) is 12.8 Å². The van der Waals surface area contributed by atoms with Crippen molar-refractivity contribution in [3.8, 4) is 0 Å². The summed E-state index contributed by atoms with van der Waals surface area (Å²) in [6.45, 7) is 4.55. The third kappa shape index (κ3) is 3.35. The summed E-state index contributed by atoms with van der Waals surface area (Å²) in [6, 6.07) is 5.08. The summed E-state index contributed by atoms with van der Waals surface area (Å²) in [7, 11) is 0. The number of hydrogen-bond acceptors (Lipinski definition) is 3. The van der Waals surface area contributed by atoms with Gasteiger partial charge in [0.05, 0.1) is 10.6 Å². The first kappa shape index (κ1) is 17.0. The summed E-state index contributed by atoms with van der Waals surface area (Å²) in [5.41, 5.74) is 7.14. The molecule has 3 rings (SSSR count). The number of hydrogen-bond donors (Lipinski definition) is 2. The highest BCUT2D eigenvalue weighted by atomic mass is 35.5. The van der Waals surface area contributed by atoms with Crippen LogP contribution in [-0.2, 0) is 0 Å². The topological polar surface area (TPSA) is 78.7 Å². The van der Waals surface area contributed by atoms with E-state index in [-0.39, 0.29) is 18.0 Å². The maximum atomic E-state index is 12.9. The predicted molar refractivity (Wildman–Crippen MR) is 94.5 cm³/mol. The van der Waals surface area contributed by atoms with Gasteiger partial charge in [0.1, 0.15) is 0 Å². The van der Waals surface area contributed by atoms with Crippen LogP contribution < -0.4 is 16.0 Å². The van der Waals surface area contributed by atoms with E-state index in [4.69, 9.17) is 17.3 Å². The molecule has 2 saturated heterocycles. The van der Waals surface area contributed by atoms with Crippen LogP contribution in [0, 0.1) is 5.92 Å². The molecule has 3 amide bonds. The summed E-state index contributed by atoms with van der Waals surface area (Å²) in [5.74, 6) is 0.223. The fourth-order valence-corrected chi connectivity index (χ4v) is 3.56. The second-order valence-corrected chi connectivity index (χ2v) is 6.97. The molecule has 2 atom stereocenters. The van der Waals surface area contributed by atoms with E-state index in [2.05, 4.69) is 5.32 Å². The van der Waals surface area contributed by atoms with Crippen LogP contribution in [0.25, 0.3) is 0 Å². The van der Waals surface area contributed by atoms with E-state index in [1.54, 1.807) is 23.1 Å². The van der Waals surface area contributed by atoms with Crippen molar-refractivity contribution in [1.29, 1.82) is 0 Å². The van der Waals surface area contributed by atoms with Gasteiger partial charge < -0.3 is 16.0 Å². The molecule has 2 unspecified atom stereocenters. The normalized spacial score (nSPS) is 22.5. The molecule has 6 nitrogen and oxygen atoms in total. The van der Waals surface area contributed by atoms with Gasteiger partial charge in [-0.15, -0.1) is 0 Å². The summed E-state index contributed by atoms with van der Waals surface area (Å²) < 4.78 is 0. The molecule has 0 saturated carbocycles. The fourth-order valence-electron chi connectivity index (χ4n) is 3.36. The van der Waals surface area contributed by atoms with Gasteiger partial charge >= 0.3 is 6.03 Å². The van der Waals surface area contributed by atoms with Crippen molar-refractivity contribution in [3.63, 3.8) is 0 Å². The molecular weight excluding hydrogens is 328 g/mol. The molecule has 0 spiro atoms. The van der Waals surface area contributed by atoms with E-state index in [1.165, 1.54) is 0 Å². The summed E-state index contributed by atoms with van der Waals surface area (Å²) in [4.78, 5) is 28.2. The molecule has 24 heavy (non-hydrogen) atoms. The number of urea groups is 1. The number of halogens is 1. The zero-order valence-corrected chi connectivity index (χ0v) is 14.6. The Labute approximate surface area is 146 Å². The maximum Gasteiger partial charge on any atom is 0.321 e. The van der Waals surface area contributed by atoms with Gasteiger partial charge in [-0.1, -0.05) is 11.6 Å². The van der Waals surface area contributed by atoms with E-state index in [9.17, 15) is 9.59 Å². The van der Waals surface area contributed by atoms with Crippen LogP contribution in [0.15, 0.2) is 18.2 Å². The van der Waals surface area contributed by atoms with Crippen LogP contribution in [0.5, 0.6) is 0 Å². The van der Waals surface area contributed by atoms with E-state index >= 15 is 0 Å².